The Bertz CT molecular complexity index is 760. The van der Waals surface area contributed by atoms with Crippen molar-refractivity contribution in [1.82, 2.24) is 15.1 Å². The van der Waals surface area contributed by atoms with Gasteiger partial charge in [0.1, 0.15) is 5.01 Å². The summed E-state index contributed by atoms with van der Waals surface area (Å²) < 4.78 is 0. The van der Waals surface area contributed by atoms with Crippen molar-refractivity contribution in [2.24, 2.45) is 11.8 Å². The van der Waals surface area contributed by atoms with Crippen molar-refractivity contribution in [2.75, 3.05) is 18.4 Å². The Morgan fingerprint density at radius 1 is 1.31 bits per heavy atom. The molecule has 2 heterocycles. The van der Waals surface area contributed by atoms with Crippen molar-refractivity contribution in [1.29, 1.82) is 0 Å². The SMILES string of the molecule is CC(C)Cc1nnc(NC(=O)C2CC(=O)N(CCc3ccccc3)C2)s1. The fourth-order valence-electron chi connectivity index (χ4n) is 3.02. The first-order valence-corrected chi connectivity index (χ1v) is 9.78. The molecule has 6 nitrogen and oxygen atoms in total. The number of likely N-dealkylation sites (tertiary alicyclic amines) is 1. The summed E-state index contributed by atoms with van der Waals surface area (Å²) in [7, 11) is 0. The Morgan fingerprint density at radius 3 is 2.81 bits per heavy atom. The summed E-state index contributed by atoms with van der Waals surface area (Å²) in [5, 5.41) is 12.4. The summed E-state index contributed by atoms with van der Waals surface area (Å²) in [5.74, 6) is 0.0690. The molecule has 0 radical (unpaired) electrons. The quantitative estimate of drug-likeness (QED) is 0.811. The summed E-state index contributed by atoms with van der Waals surface area (Å²) in [6.45, 7) is 5.35. The molecule has 1 aliphatic rings. The Kier molecular flexibility index (Phi) is 5.98. The van der Waals surface area contributed by atoms with Crippen molar-refractivity contribution < 1.29 is 9.59 Å². The maximum absolute atomic E-state index is 12.5. The minimum absolute atomic E-state index is 0.0406. The Labute approximate surface area is 157 Å². The van der Waals surface area contributed by atoms with Gasteiger partial charge in [0.15, 0.2) is 0 Å². The average molecular weight is 372 g/mol. The molecule has 0 spiro atoms. The first-order valence-electron chi connectivity index (χ1n) is 8.96. The van der Waals surface area contributed by atoms with Crippen molar-refractivity contribution in [3.05, 3.63) is 40.9 Å². The van der Waals surface area contributed by atoms with Gasteiger partial charge in [0.05, 0.1) is 5.92 Å². The molecular formula is C19H24N4O2S. The predicted octanol–water partition coefficient (Wildman–Crippen LogP) is 2.77. The molecule has 1 aromatic carbocycles. The first-order chi connectivity index (χ1) is 12.5. The molecule has 7 heteroatoms. The third-order valence-corrected chi connectivity index (χ3v) is 5.24. The van der Waals surface area contributed by atoms with Crippen LogP contribution < -0.4 is 5.32 Å². The zero-order chi connectivity index (χ0) is 18.5. The fraction of sp³-hybridized carbons (Fsp3) is 0.474. The van der Waals surface area contributed by atoms with Gasteiger partial charge >= 0.3 is 0 Å². The second kappa shape index (κ2) is 8.40. The van der Waals surface area contributed by atoms with Crippen LogP contribution in [0.3, 0.4) is 0 Å². The van der Waals surface area contributed by atoms with Gasteiger partial charge in [0.25, 0.3) is 0 Å². The van der Waals surface area contributed by atoms with Crippen molar-refractivity contribution >= 4 is 28.3 Å². The zero-order valence-electron chi connectivity index (χ0n) is 15.1. The van der Waals surface area contributed by atoms with Crippen LogP contribution in [-0.4, -0.2) is 40.0 Å². The van der Waals surface area contributed by atoms with E-state index in [-0.39, 0.29) is 24.2 Å². The molecule has 1 N–H and O–H groups in total. The third-order valence-electron chi connectivity index (χ3n) is 4.38. The molecule has 26 heavy (non-hydrogen) atoms. The second-order valence-electron chi connectivity index (χ2n) is 7.06. The minimum atomic E-state index is -0.323. The van der Waals surface area contributed by atoms with Crippen LogP contribution in [0.1, 0.15) is 30.8 Å². The number of rotatable bonds is 7. The van der Waals surface area contributed by atoms with Crippen LogP contribution in [0.4, 0.5) is 5.13 Å². The van der Waals surface area contributed by atoms with Gasteiger partial charge in [-0.1, -0.05) is 55.5 Å². The van der Waals surface area contributed by atoms with E-state index in [0.717, 1.165) is 17.8 Å². The van der Waals surface area contributed by atoms with E-state index in [2.05, 4.69) is 41.5 Å². The summed E-state index contributed by atoms with van der Waals surface area (Å²) in [6.07, 6.45) is 1.91. The molecule has 2 aromatic rings. The molecule has 1 fully saturated rings. The van der Waals surface area contributed by atoms with Gasteiger partial charge in [-0.15, -0.1) is 10.2 Å². The van der Waals surface area contributed by atoms with Crippen LogP contribution in [0.15, 0.2) is 30.3 Å². The number of hydrogen-bond acceptors (Lipinski definition) is 5. The highest BCUT2D eigenvalue weighted by Gasteiger charge is 2.34. The Hall–Kier alpha value is -2.28. The molecule has 1 unspecified atom stereocenters. The molecular weight excluding hydrogens is 348 g/mol. The largest absolute Gasteiger partial charge is 0.342 e. The van der Waals surface area contributed by atoms with Gasteiger partial charge in [-0.05, 0) is 17.9 Å². The number of amides is 2. The topological polar surface area (TPSA) is 75.2 Å². The number of nitrogens with zero attached hydrogens (tertiary/aromatic N) is 3. The van der Waals surface area contributed by atoms with E-state index in [1.165, 1.54) is 16.9 Å². The Morgan fingerprint density at radius 2 is 2.08 bits per heavy atom. The number of anilines is 1. The highest BCUT2D eigenvalue weighted by Crippen LogP contribution is 2.23. The van der Waals surface area contributed by atoms with Gasteiger partial charge in [-0.25, -0.2) is 0 Å². The standard InChI is InChI=1S/C19H24N4O2S/c1-13(2)10-16-21-22-19(26-16)20-18(25)15-11-17(24)23(12-15)9-8-14-6-4-3-5-7-14/h3-7,13,15H,8-12H2,1-2H3,(H,20,22,25). The van der Waals surface area contributed by atoms with Crippen LogP contribution in [0.2, 0.25) is 0 Å². The number of carbonyl (C=O) groups is 2. The minimum Gasteiger partial charge on any atom is -0.342 e. The van der Waals surface area contributed by atoms with Crippen molar-refractivity contribution in [3.63, 3.8) is 0 Å². The highest BCUT2D eigenvalue weighted by atomic mass is 32.1. The van der Waals surface area contributed by atoms with Gasteiger partial charge in [0.2, 0.25) is 16.9 Å². The fourth-order valence-corrected chi connectivity index (χ4v) is 3.97. The van der Waals surface area contributed by atoms with Gasteiger partial charge in [-0.2, -0.15) is 0 Å². The number of aromatic nitrogens is 2. The third kappa shape index (κ3) is 4.88. The number of hydrogen-bond donors (Lipinski definition) is 1. The lowest BCUT2D eigenvalue weighted by atomic mass is 10.1. The molecule has 1 aliphatic heterocycles. The second-order valence-corrected chi connectivity index (χ2v) is 8.13. The Balaban J connectivity index is 1.51. The molecule has 1 saturated heterocycles. The molecule has 0 bridgehead atoms. The van der Waals surface area contributed by atoms with Crippen LogP contribution in [0.25, 0.3) is 0 Å². The highest BCUT2D eigenvalue weighted by molar-refractivity contribution is 7.15. The number of carbonyl (C=O) groups excluding carboxylic acids is 2. The summed E-state index contributed by atoms with van der Waals surface area (Å²) in [6, 6.07) is 10.1. The molecule has 2 amide bonds. The molecule has 3 rings (SSSR count). The van der Waals surface area contributed by atoms with E-state index in [1.54, 1.807) is 4.90 Å². The molecule has 1 aromatic heterocycles. The average Bonchev–Trinajstić information content (AvgIpc) is 3.20. The smallest absolute Gasteiger partial charge is 0.231 e. The zero-order valence-corrected chi connectivity index (χ0v) is 16.0. The lowest BCUT2D eigenvalue weighted by Crippen LogP contribution is -2.30. The molecule has 0 aliphatic carbocycles. The summed E-state index contributed by atoms with van der Waals surface area (Å²) in [4.78, 5) is 26.4. The van der Waals surface area contributed by atoms with E-state index in [0.29, 0.717) is 24.1 Å². The number of benzene rings is 1. The van der Waals surface area contributed by atoms with Gasteiger partial charge < -0.3 is 10.2 Å². The van der Waals surface area contributed by atoms with E-state index in [4.69, 9.17) is 0 Å². The molecule has 1 atom stereocenters. The van der Waals surface area contributed by atoms with Crippen molar-refractivity contribution in [2.45, 2.75) is 33.1 Å². The first kappa shape index (κ1) is 18.5. The van der Waals surface area contributed by atoms with Gasteiger partial charge in [0, 0.05) is 25.9 Å². The van der Waals surface area contributed by atoms with Crippen LogP contribution in [0.5, 0.6) is 0 Å². The summed E-state index contributed by atoms with van der Waals surface area (Å²) >= 11 is 1.40. The summed E-state index contributed by atoms with van der Waals surface area (Å²) in [5.41, 5.74) is 1.19. The predicted molar refractivity (Wildman–Crippen MR) is 102 cm³/mol. The normalized spacial score (nSPS) is 17.1. The maximum atomic E-state index is 12.5. The van der Waals surface area contributed by atoms with Crippen LogP contribution in [0, 0.1) is 11.8 Å². The molecule has 138 valence electrons. The van der Waals surface area contributed by atoms with E-state index in [1.807, 2.05) is 18.2 Å². The van der Waals surface area contributed by atoms with E-state index < -0.39 is 0 Å². The number of nitrogens with one attached hydrogen (secondary N) is 1. The lowest BCUT2D eigenvalue weighted by molar-refractivity contribution is -0.128. The maximum Gasteiger partial charge on any atom is 0.231 e. The van der Waals surface area contributed by atoms with Crippen molar-refractivity contribution in [3.8, 4) is 0 Å². The monoisotopic (exact) mass is 372 g/mol. The van der Waals surface area contributed by atoms with Gasteiger partial charge in [-0.3, -0.25) is 9.59 Å². The van der Waals surface area contributed by atoms with Crippen LogP contribution >= 0.6 is 11.3 Å². The molecule has 0 saturated carbocycles. The van der Waals surface area contributed by atoms with E-state index in [9.17, 15) is 9.59 Å². The van der Waals surface area contributed by atoms with E-state index >= 15 is 0 Å². The van der Waals surface area contributed by atoms with Crippen LogP contribution in [-0.2, 0) is 22.4 Å². The lowest BCUT2D eigenvalue weighted by Gasteiger charge is -2.16.